The predicted molar refractivity (Wildman–Crippen MR) is 94.2 cm³/mol. The van der Waals surface area contributed by atoms with E-state index in [9.17, 15) is 5.11 Å². The number of phenols is 1. The van der Waals surface area contributed by atoms with Gasteiger partial charge in [0.15, 0.2) is 0 Å². The highest BCUT2D eigenvalue weighted by Crippen LogP contribution is 2.32. The summed E-state index contributed by atoms with van der Waals surface area (Å²) in [5, 5.41) is 15.5. The number of rotatable bonds is 3. The Morgan fingerprint density at radius 1 is 0.870 bits per heavy atom. The molecule has 0 spiro atoms. The van der Waals surface area contributed by atoms with Gasteiger partial charge in [-0.2, -0.15) is 0 Å². The maximum absolute atomic E-state index is 9.32. The fourth-order valence-corrected chi connectivity index (χ4v) is 2.85. The first-order chi connectivity index (χ1) is 11.2. The van der Waals surface area contributed by atoms with Crippen molar-refractivity contribution in [2.24, 2.45) is 0 Å². The van der Waals surface area contributed by atoms with Crippen LogP contribution in [0.15, 0.2) is 65.1 Å². The summed E-state index contributed by atoms with van der Waals surface area (Å²) in [4.78, 5) is 0. The van der Waals surface area contributed by atoms with Crippen molar-refractivity contribution in [1.82, 2.24) is 0 Å². The third-order valence-electron chi connectivity index (χ3n) is 3.86. The summed E-state index contributed by atoms with van der Waals surface area (Å²) in [6, 6.07) is 18.8. The Labute approximate surface area is 138 Å². The zero-order valence-corrected chi connectivity index (χ0v) is 13.0. The Morgan fingerprint density at radius 2 is 1.57 bits per heavy atom. The quantitative estimate of drug-likeness (QED) is 0.519. The predicted octanol–water partition coefficient (Wildman–Crippen LogP) is 5.56. The monoisotopic (exact) mass is 323 g/mol. The number of phenolic OH excluding ortho intramolecular Hbond substituents is 1. The van der Waals surface area contributed by atoms with Crippen LogP contribution in [0.1, 0.15) is 5.56 Å². The molecule has 114 valence electrons. The topological polar surface area (TPSA) is 45.4 Å². The van der Waals surface area contributed by atoms with E-state index in [1.165, 1.54) is 0 Å². The molecule has 0 amide bonds. The first kappa shape index (κ1) is 14.0. The van der Waals surface area contributed by atoms with Gasteiger partial charge in [0, 0.05) is 28.0 Å². The molecule has 4 rings (SSSR count). The molecule has 1 aromatic heterocycles. The molecule has 0 saturated heterocycles. The van der Waals surface area contributed by atoms with Gasteiger partial charge in [0.05, 0.1) is 0 Å². The second kappa shape index (κ2) is 5.52. The van der Waals surface area contributed by atoms with E-state index >= 15 is 0 Å². The van der Waals surface area contributed by atoms with Gasteiger partial charge in [0.1, 0.15) is 16.9 Å². The minimum Gasteiger partial charge on any atom is -0.508 e. The van der Waals surface area contributed by atoms with Crippen LogP contribution in [0.5, 0.6) is 5.75 Å². The van der Waals surface area contributed by atoms with Crippen molar-refractivity contribution in [3.63, 3.8) is 0 Å². The highest BCUT2D eigenvalue weighted by Gasteiger charge is 2.08. The molecule has 0 aliphatic rings. The molecule has 0 unspecified atom stereocenters. The van der Waals surface area contributed by atoms with Crippen molar-refractivity contribution in [3.05, 3.63) is 71.2 Å². The van der Waals surface area contributed by atoms with Gasteiger partial charge < -0.3 is 14.8 Å². The Hall–Kier alpha value is -2.65. The molecule has 3 nitrogen and oxygen atoms in total. The number of halogens is 1. The van der Waals surface area contributed by atoms with Gasteiger partial charge in [-0.25, -0.2) is 0 Å². The van der Waals surface area contributed by atoms with Crippen LogP contribution < -0.4 is 5.32 Å². The number of fused-ring (bicyclic) bond motifs is 3. The first-order valence-corrected chi connectivity index (χ1v) is 7.70. The summed E-state index contributed by atoms with van der Waals surface area (Å²) in [7, 11) is 0. The second-order valence-electron chi connectivity index (χ2n) is 5.47. The molecule has 3 aromatic carbocycles. The molecular weight excluding hydrogens is 310 g/mol. The van der Waals surface area contributed by atoms with Gasteiger partial charge in [0.2, 0.25) is 0 Å². The largest absolute Gasteiger partial charge is 0.508 e. The maximum Gasteiger partial charge on any atom is 0.135 e. The number of hydrogen-bond acceptors (Lipinski definition) is 3. The van der Waals surface area contributed by atoms with E-state index in [2.05, 4.69) is 11.4 Å². The molecular formula is C19H14ClNO2. The van der Waals surface area contributed by atoms with E-state index in [1.54, 1.807) is 12.1 Å². The fourth-order valence-electron chi connectivity index (χ4n) is 2.68. The molecule has 0 saturated carbocycles. The SMILES string of the molecule is Oc1ccc(CNc2ccc3oc4ccc(Cl)cc4c3c2)cc1. The lowest BCUT2D eigenvalue weighted by atomic mass is 10.1. The van der Waals surface area contributed by atoms with Gasteiger partial charge in [0.25, 0.3) is 0 Å². The summed E-state index contributed by atoms with van der Waals surface area (Å²) in [5.74, 6) is 0.275. The highest BCUT2D eigenvalue weighted by molar-refractivity contribution is 6.31. The highest BCUT2D eigenvalue weighted by atomic mass is 35.5. The number of nitrogens with one attached hydrogen (secondary N) is 1. The molecule has 4 aromatic rings. The van der Waals surface area contributed by atoms with Crippen LogP contribution >= 0.6 is 11.6 Å². The summed E-state index contributed by atoms with van der Waals surface area (Å²) < 4.78 is 5.82. The Balaban J connectivity index is 1.66. The summed E-state index contributed by atoms with van der Waals surface area (Å²) in [6.07, 6.45) is 0. The van der Waals surface area contributed by atoms with E-state index < -0.39 is 0 Å². The van der Waals surface area contributed by atoms with Crippen LogP contribution in [0.3, 0.4) is 0 Å². The Kier molecular flexibility index (Phi) is 3.36. The van der Waals surface area contributed by atoms with Gasteiger partial charge in [-0.1, -0.05) is 23.7 Å². The fraction of sp³-hybridized carbons (Fsp3) is 0.0526. The van der Waals surface area contributed by atoms with Crippen LogP contribution in [0.25, 0.3) is 21.9 Å². The lowest BCUT2D eigenvalue weighted by Gasteiger charge is -2.06. The van der Waals surface area contributed by atoms with Gasteiger partial charge >= 0.3 is 0 Å². The zero-order chi connectivity index (χ0) is 15.8. The van der Waals surface area contributed by atoms with E-state index in [1.807, 2.05) is 42.5 Å². The van der Waals surface area contributed by atoms with Crippen LogP contribution in [0.2, 0.25) is 5.02 Å². The van der Waals surface area contributed by atoms with E-state index in [4.69, 9.17) is 16.0 Å². The van der Waals surface area contributed by atoms with Crippen molar-refractivity contribution >= 4 is 39.2 Å². The van der Waals surface area contributed by atoms with Gasteiger partial charge in [-0.3, -0.25) is 0 Å². The van der Waals surface area contributed by atoms with E-state index in [-0.39, 0.29) is 5.75 Å². The number of aromatic hydroxyl groups is 1. The molecule has 0 fully saturated rings. The van der Waals surface area contributed by atoms with Crippen LogP contribution in [-0.2, 0) is 6.54 Å². The maximum atomic E-state index is 9.32. The average molecular weight is 324 g/mol. The lowest BCUT2D eigenvalue weighted by molar-refractivity contribution is 0.475. The Morgan fingerprint density at radius 3 is 2.35 bits per heavy atom. The van der Waals surface area contributed by atoms with E-state index in [0.717, 1.165) is 33.2 Å². The zero-order valence-electron chi connectivity index (χ0n) is 12.2. The second-order valence-corrected chi connectivity index (χ2v) is 5.91. The number of anilines is 1. The third kappa shape index (κ3) is 2.71. The van der Waals surface area contributed by atoms with Gasteiger partial charge in [-0.05, 0) is 54.1 Å². The minimum atomic E-state index is 0.275. The molecule has 0 bridgehead atoms. The van der Waals surface area contributed by atoms with E-state index in [0.29, 0.717) is 11.6 Å². The molecule has 23 heavy (non-hydrogen) atoms. The molecule has 0 aliphatic carbocycles. The van der Waals surface area contributed by atoms with Crippen molar-refractivity contribution in [2.75, 3.05) is 5.32 Å². The summed E-state index contributed by atoms with van der Waals surface area (Å²) in [6.45, 7) is 0.683. The van der Waals surface area contributed by atoms with Crippen LogP contribution in [-0.4, -0.2) is 5.11 Å². The molecule has 2 N–H and O–H groups in total. The normalized spacial score (nSPS) is 11.2. The minimum absolute atomic E-state index is 0.275. The van der Waals surface area contributed by atoms with Gasteiger partial charge in [-0.15, -0.1) is 0 Å². The number of benzene rings is 3. The average Bonchev–Trinajstić information content (AvgIpc) is 2.92. The molecule has 0 atom stereocenters. The molecule has 0 aliphatic heterocycles. The first-order valence-electron chi connectivity index (χ1n) is 7.33. The van der Waals surface area contributed by atoms with Crippen molar-refractivity contribution < 1.29 is 9.52 Å². The third-order valence-corrected chi connectivity index (χ3v) is 4.10. The summed E-state index contributed by atoms with van der Waals surface area (Å²) >= 11 is 6.09. The van der Waals surface area contributed by atoms with Crippen LogP contribution in [0, 0.1) is 0 Å². The molecule has 0 radical (unpaired) electrons. The van der Waals surface area contributed by atoms with Crippen molar-refractivity contribution in [3.8, 4) is 5.75 Å². The number of hydrogen-bond donors (Lipinski definition) is 2. The number of furan rings is 1. The standard InChI is InChI=1S/C19H14ClNO2/c20-13-3-7-18-16(9-13)17-10-14(4-8-19(17)23-18)21-11-12-1-5-15(22)6-2-12/h1-10,21-22H,11H2. The van der Waals surface area contributed by atoms with Crippen molar-refractivity contribution in [2.45, 2.75) is 6.54 Å². The molecule has 4 heteroatoms. The summed E-state index contributed by atoms with van der Waals surface area (Å²) in [5.41, 5.74) is 3.79. The van der Waals surface area contributed by atoms with Crippen molar-refractivity contribution in [1.29, 1.82) is 0 Å². The molecule has 1 heterocycles. The smallest absolute Gasteiger partial charge is 0.135 e. The Bertz CT molecular complexity index is 990. The lowest BCUT2D eigenvalue weighted by Crippen LogP contribution is -1.98. The van der Waals surface area contributed by atoms with Crippen LogP contribution in [0.4, 0.5) is 5.69 Å².